The molecule has 6 nitrogen and oxygen atoms in total. The molecule has 2 fully saturated rings. The van der Waals surface area contributed by atoms with Crippen LogP contribution in [0.15, 0.2) is 54.7 Å². The summed E-state index contributed by atoms with van der Waals surface area (Å²) in [7, 11) is 0. The monoisotopic (exact) mass is 381 g/mol. The highest BCUT2D eigenvalue weighted by Gasteiger charge is 2.47. The van der Waals surface area contributed by atoms with Crippen LogP contribution < -0.4 is 10.1 Å². The Morgan fingerprint density at radius 1 is 1.14 bits per heavy atom. The number of hydrogen-bond acceptors (Lipinski definition) is 5. The molecule has 0 unspecified atom stereocenters. The predicted octanol–water partition coefficient (Wildman–Crippen LogP) is 2.10. The van der Waals surface area contributed by atoms with Crippen LogP contribution in [0.4, 0.5) is 0 Å². The number of carbonyl (C=O) groups excluding carboxylic acids is 1. The van der Waals surface area contributed by atoms with E-state index in [2.05, 4.69) is 15.2 Å². The summed E-state index contributed by atoms with van der Waals surface area (Å²) < 4.78 is 6.10. The zero-order valence-corrected chi connectivity index (χ0v) is 15.9. The van der Waals surface area contributed by atoms with Gasteiger partial charge in [-0.2, -0.15) is 0 Å². The van der Waals surface area contributed by atoms with Gasteiger partial charge in [0.2, 0.25) is 0 Å². The number of rotatable bonds is 6. The summed E-state index contributed by atoms with van der Waals surface area (Å²) in [4.78, 5) is 18.9. The van der Waals surface area contributed by atoms with Gasteiger partial charge in [0.25, 0.3) is 5.91 Å². The number of aromatic nitrogens is 1. The molecule has 1 aliphatic carbocycles. The second-order valence-corrected chi connectivity index (χ2v) is 7.61. The number of amides is 1. The Hall–Kier alpha value is -2.44. The SMILES string of the molecule is O=C(NC[C@@H]1C[C@@H](Oc2ccccc2)[C@H](O)[C@H]1N1CCCC1)c1ccccn1. The molecule has 28 heavy (non-hydrogen) atoms. The second-order valence-electron chi connectivity index (χ2n) is 7.61. The van der Waals surface area contributed by atoms with Crippen LogP contribution in [0.5, 0.6) is 5.75 Å². The lowest BCUT2D eigenvalue weighted by atomic mass is 10.0. The molecule has 1 saturated heterocycles. The van der Waals surface area contributed by atoms with Crippen molar-refractivity contribution in [2.24, 2.45) is 5.92 Å². The zero-order valence-electron chi connectivity index (χ0n) is 15.9. The largest absolute Gasteiger partial charge is 0.488 e. The van der Waals surface area contributed by atoms with Crippen LogP contribution in [-0.2, 0) is 0 Å². The Bertz CT molecular complexity index is 765. The Morgan fingerprint density at radius 3 is 2.61 bits per heavy atom. The lowest BCUT2D eigenvalue weighted by Crippen LogP contribution is -2.47. The summed E-state index contributed by atoms with van der Waals surface area (Å²) in [6.07, 6.45) is 3.78. The van der Waals surface area contributed by atoms with E-state index in [4.69, 9.17) is 4.74 Å². The molecule has 2 aromatic rings. The first-order valence-electron chi connectivity index (χ1n) is 10.1. The number of nitrogens with zero attached hydrogens (tertiary/aromatic N) is 2. The minimum Gasteiger partial charge on any atom is -0.488 e. The molecule has 6 heteroatoms. The van der Waals surface area contributed by atoms with E-state index in [1.165, 1.54) is 0 Å². The zero-order chi connectivity index (χ0) is 19.3. The normalized spacial score (nSPS) is 27.6. The molecule has 1 aliphatic heterocycles. The van der Waals surface area contributed by atoms with E-state index in [1.54, 1.807) is 24.4 Å². The third-order valence-corrected chi connectivity index (χ3v) is 5.76. The fraction of sp³-hybridized carbons (Fsp3) is 0.455. The van der Waals surface area contributed by atoms with Gasteiger partial charge in [0, 0.05) is 18.8 Å². The van der Waals surface area contributed by atoms with Crippen molar-refractivity contribution in [2.75, 3.05) is 19.6 Å². The van der Waals surface area contributed by atoms with E-state index in [0.717, 1.165) is 31.7 Å². The highest BCUT2D eigenvalue weighted by molar-refractivity contribution is 5.92. The van der Waals surface area contributed by atoms with Gasteiger partial charge in [-0.15, -0.1) is 0 Å². The van der Waals surface area contributed by atoms with Gasteiger partial charge in [0.15, 0.2) is 0 Å². The third-order valence-electron chi connectivity index (χ3n) is 5.76. The summed E-state index contributed by atoms with van der Waals surface area (Å²) >= 11 is 0. The highest BCUT2D eigenvalue weighted by atomic mass is 16.5. The smallest absolute Gasteiger partial charge is 0.269 e. The van der Waals surface area contributed by atoms with Crippen LogP contribution in [0.2, 0.25) is 0 Å². The Morgan fingerprint density at radius 2 is 1.89 bits per heavy atom. The lowest BCUT2D eigenvalue weighted by Gasteiger charge is -2.31. The molecule has 4 atom stereocenters. The number of carbonyl (C=O) groups is 1. The van der Waals surface area contributed by atoms with Gasteiger partial charge >= 0.3 is 0 Å². The number of para-hydroxylation sites is 1. The van der Waals surface area contributed by atoms with Crippen molar-refractivity contribution in [3.63, 3.8) is 0 Å². The number of hydrogen-bond donors (Lipinski definition) is 2. The average Bonchev–Trinajstić information content (AvgIpc) is 3.36. The van der Waals surface area contributed by atoms with Crippen LogP contribution in [-0.4, -0.2) is 58.8 Å². The predicted molar refractivity (Wildman–Crippen MR) is 106 cm³/mol. The Balaban J connectivity index is 1.44. The molecule has 4 rings (SSSR count). The maximum Gasteiger partial charge on any atom is 0.269 e. The van der Waals surface area contributed by atoms with Crippen molar-refractivity contribution in [1.82, 2.24) is 15.2 Å². The summed E-state index contributed by atoms with van der Waals surface area (Å²) in [6, 6.07) is 14.9. The van der Waals surface area contributed by atoms with Crippen molar-refractivity contribution in [3.8, 4) is 5.75 Å². The number of benzene rings is 1. The topological polar surface area (TPSA) is 74.7 Å². The number of aliphatic hydroxyl groups is 1. The summed E-state index contributed by atoms with van der Waals surface area (Å²) in [6.45, 7) is 2.48. The van der Waals surface area contributed by atoms with Crippen molar-refractivity contribution in [3.05, 3.63) is 60.4 Å². The van der Waals surface area contributed by atoms with Gasteiger partial charge in [0.05, 0.1) is 0 Å². The fourth-order valence-corrected chi connectivity index (χ4v) is 4.44. The molecule has 0 bridgehead atoms. The van der Waals surface area contributed by atoms with E-state index in [-0.39, 0.29) is 24.0 Å². The van der Waals surface area contributed by atoms with Gasteiger partial charge in [-0.1, -0.05) is 24.3 Å². The van der Waals surface area contributed by atoms with Crippen LogP contribution in [0.3, 0.4) is 0 Å². The summed E-state index contributed by atoms with van der Waals surface area (Å²) in [5.74, 6) is 0.724. The minimum absolute atomic E-state index is 0.000227. The van der Waals surface area contributed by atoms with E-state index in [1.807, 2.05) is 30.3 Å². The van der Waals surface area contributed by atoms with Gasteiger partial charge < -0.3 is 15.2 Å². The molecule has 148 valence electrons. The van der Waals surface area contributed by atoms with Crippen molar-refractivity contribution in [2.45, 2.75) is 37.5 Å². The second kappa shape index (κ2) is 8.71. The molecular formula is C22H27N3O3. The van der Waals surface area contributed by atoms with Crippen LogP contribution in [0.25, 0.3) is 0 Å². The molecular weight excluding hydrogens is 354 g/mol. The average molecular weight is 381 g/mol. The molecule has 1 aromatic carbocycles. The molecule has 0 spiro atoms. The van der Waals surface area contributed by atoms with Crippen molar-refractivity contribution < 1.29 is 14.6 Å². The quantitative estimate of drug-likeness (QED) is 0.802. The minimum atomic E-state index is -0.574. The van der Waals surface area contributed by atoms with Crippen LogP contribution in [0.1, 0.15) is 29.8 Å². The third kappa shape index (κ3) is 4.18. The first kappa shape index (κ1) is 18.9. The number of nitrogens with one attached hydrogen (secondary N) is 1. The van der Waals surface area contributed by atoms with E-state index >= 15 is 0 Å². The molecule has 2 heterocycles. The number of pyridine rings is 1. The number of aliphatic hydroxyl groups excluding tert-OH is 1. The highest BCUT2D eigenvalue weighted by Crippen LogP contribution is 2.35. The molecule has 0 radical (unpaired) electrons. The van der Waals surface area contributed by atoms with Crippen molar-refractivity contribution in [1.29, 1.82) is 0 Å². The van der Waals surface area contributed by atoms with Gasteiger partial charge in [0.1, 0.15) is 23.7 Å². The first-order chi connectivity index (χ1) is 13.7. The van der Waals surface area contributed by atoms with E-state index in [0.29, 0.717) is 18.7 Å². The number of likely N-dealkylation sites (tertiary alicyclic amines) is 1. The molecule has 2 N–H and O–H groups in total. The van der Waals surface area contributed by atoms with E-state index in [9.17, 15) is 9.90 Å². The fourth-order valence-electron chi connectivity index (χ4n) is 4.44. The maximum absolute atomic E-state index is 12.4. The standard InChI is InChI=1S/C22H27N3O3/c26-21-19(28-17-8-2-1-3-9-17)14-16(20(21)25-12-6-7-13-25)15-24-22(27)18-10-4-5-11-23-18/h1-5,8-11,16,19-21,26H,6-7,12-15H2,(H,24,27)/t16-,19+,20-,21-/m0/s1. The van der Waals surface area contributed by atoms with Crippen LogP contribution >= 0.6 is 0 Å². The van der Waals surface area contributed by atoms with Crippen LogP contribution in [0, 0.1) is 5.92 Å². The van der Waals surface area contributed by atoms with E-state index < -0.39 is 6.10 Å². The molecule has 1 aromatic heterocycles. The summed E-state index contributed by atoms with van der Waals surface area (Å²) in [5.41, 5.74) is 0.413. The van der Waals surface area contributed by atoms with Crippen molar-refractivity contribution >= 4 is 5.91 Å². The van der Waals surface area contributed by atoms with Gasteiger partial charge in [-0.3, -0.25) is 14.7 Å². The molecule has 2 aliphatic rings. The summed E-state index contributed by atoms with van der Waals surface area (Å²) in [5, 5.41) is 14.0. The molecule has 1 saturated carbocycles. The Kier molecular flexibility index (Phi) is 5.88. The van der Waals surface area contributed by atoms with Gasteiger partial charge in [-0.25, -0.2) is 0 Å². The maximum atomic E-state index is 12.4. The lowest BCUT2D eigenvalue weighted by molar-refractivity contribution is 0.0117. The Labute approximate surface area is 165 Å². The number of ether oxygens (including phenoxy) is 1. The first-order valence-corrected chi connectivity index (χ1v) is 10.1. The molecule has 1 amide bonds. The van der Waals surface area contributed by atoms with Gasteiger partial charge in [-0.05, 0) is 62.5 Å².